The zero-order valence-electron chi connectivity index (χ0n) is 14.1. The number of rotatable bonds is 3. The lowest BCUT2D eigenvalue weighted by Crippen LogP contribution is -2.70. The lowest BCUT2D eigenvalue weighted by atomic mass is 9.76. The maximum Gasteiger partial charge on any atom is 0.0702 e. The first kappa shape index (κ1) is 15.8. The number of ether oxygens (including phenoxy) is 1. The van der Waals surface area contributed by atoms with Crippen LogP contribution in [0.3, 0.4) is 0 Å². The Morgan fingerprint density at radius 3 is 2.62 bits per heavy atom. The summed E-state index contributed by atoms with van der Waals surface area (Å²) in [7, 11) is 0. The molecular formula is C18H34N2O. The second-order valence-electron chi connectivity index (χ2n) is 7.92. The summed E-state index contributed by atoms with van der Waals surface area (Å²) < 4.78 is 6.05. The van der Waals surface area contributed by atoms with Crippen LogP contribution < -0.4 is 5.32 Å². The fraction of sp³-hybridized carbons (Fsp3) is 1.00. The predicted octanol–water partition coefficient (Wildman–Crippen LogP) is 3.33. The Balaban J connectivity index is 1.72. The van der Waals surface area contributed by atoms with E-state index in [0.29, 0.717) is 11.6 Å². The summed E-state index contributed by atoms with van der Waals surface area (Å²) in [5.41, 5.74) is 0.713. The lowest BCUT2D eigenvalue weighted by Gasteiger charge is -2.56. The van der Waals surface area contributed by atoms with Crippen LogP contribution in [0.15, 0.2) is 0 Å². The number of hydrogen-bond donors (Lipinski definition) is 1. The molecule has 1 N–H and O–H groups in total. The van der Waals surface area contributed by atoms with Crippen molar-refractivity contribution in [1.29, 1.82) is 0 Å². The zero-order chi connectivity index (χ0) is 14.8. The molecule has 0 aromatic rings. The molecule has 3 fully saturated rings. The third-order valence-electron chi connectivity index (χ3n) is 6.32. The highest BCUT2D eigenvalue weighted by molar-refractivity contribution is 5.05. The fourth-order valence-corrected chi connectivity index (χ4v) is 4.53. The number of nitrogens with one attached hydrogen (secondary N) is 1. The fourth-order valence-electron chi connectivity index (χ4n) is 4.53. The van der Waals surface area contributed by atoms with Crippen LogP contribution in [0.1, 0.15) is 71.6 Å². The van der Waals surface area contributed by atoms with Crippen LogP contribution in [0.5, 0.6) is 0 Å². The highest BCUT2D eigenvalue weighted by atomic mass is 16.5. The van der Waals surface area contributed by atoms with Gasteiger partial charge in [0.25, 0.3) is 0 Å². The Bertz CT molecular complexity index is 334. The van der Waals surface area contributed by atoms with Crippen molar-refractivity contribution in [3.8, 4) is 0 Å². The van der Waals surface area contributed by atoms with Gasteiger partial charge in [0.2, 0.25) is 0 Å². The van der Waals surface area contributed by atoms with Crippen molar-refractivity contribution in [2.75, 3.05) is 26.2 Å². The van der Waals surface area contributed by atoms with Gasteiger partial charge in [0, 0.05) is 37.3 Å². The second-order valence-corrected chi connectivity index (χ2v) is 7.92. The minimum absolute atomic E-state index is 0.289. The topological polar surface area (TPSA) is 24.5 Å². The van der Waals surface area contributed by atoms with Gasteiger partial charge in [-0.3, -0.25) is 4.90 Å². The average molecular weight is 294 g/mol. The van der Waals surface area contributed by atoms with Gasteiger partial charge >= 0.3 is 0 Å². The van der Waals surface area contributed by atoms with Crippen LogP contribution in [0.25, 0.3) is 0 Å². The molecule has 2 saturated heterocycles. The first-order chi connectivity index (χ1) is 10.2. The zero-order valence-corrected chi connectivity index (χ0v) is 14.1. The molecule has 2 atom stereocenters. The summed E-state index contributed by atoms with van der Waals surface area (Å²) in [4.78, 5) is 2.84. The summed E-state index contributed by atoms with van der Waals surface area (Å²) in [6, 6.07) is 0. The molecule has 2 unspecified atom stereocenters. The third kappa shape index (κ3) is 3.46. The molecule has 3 rings (SSSR count). The Kier molecular flexibility index (Phi) is 4.92. The van der Waals surface area contributed by atoms with Crippen LogP contribution in [-0.2, 0) is 4.74 Å². The molecule has 1 aliphatic carbocycles. The number of nitrogens with zero attached hydrogens (tertiary/aromatic N) is 1. The van der Waals surface area contributed by atoms with Gasteiger partial charge < -0.3 is 10.1 Å². The van der Waals surface area contributed by atoms with Crippen LogP contribution in [0, 0.1) is 0 Å². The Labute approximate surface area is 130 Å². The minimum atomic E-state index is 0.289. The van der Waals surface area contributed by atoms with Crippen LogP contribution in [0.4, 0.5) is 0 Å². The molecule has 0 radical (unpaired) electrons. The predicted molar refractivity (Wildman–Crippen MR) is 87.7 cm³/mol. The van der Waals surface area contributed by atoms with Gasteiger partial charge in [-0.05, 0) is 45.4 Å². The van der Waals surface area contributed by atoms with Gasteiger partial charge in [0.15, 0.2) is 0 Å². The molecule has 0 aromatic heterocycles. The highest BCUT2D eigenvalue weighted by Gasteiger charge is 2.45. The molecular weight excluding hydrogens is 260 g/mol. The van der Waals surface area contributed by atoms with Crippen LogP contribution >= 0.6 is 0 Å². The summed E-state index contributed by atoms with van der Waals surface area (Å²) in [5, 5.41) is 3.89. The smallest absolute Gasteiger partial charge is 0.0702 e. The first-order valence-electron chi connectivity index (χ1n) is 9.28. The lowest BCUT2D eigenvalue weighted by molar-refractivity contribution is -0.0686. The molecule has 0 bridgehead atoms. The third-order valence-corrected chi connectivity index (χ3v) is 6.32. The van der Waals surface area contributed by atoms with E-state index in [-0.39, 0.29) is 5.54 Å². The number of hydrogen-bond acceptors (Lipinski definition) is 3. The minimum Gasteiger partial charge on any atom is -0.377 e. The summed E-state index contributed by atoms with van der Waals surface area (Å²) in [5.74, 6) is 0. The van der Waals surface area contributed by atoms with Crippen molar-refractivity contribution in [2.24, 2.45) is 0 Å². The molecule has 21 heavy (non-hydrogen) atoms. The molecule has 0 amide bonds. The Hall–Kier alpha value is -0.120. The van der Waals surface area contributed by atoms with E-state index in [4.69, 9.17) is 4.74 Å². The van der Waals surface area contributed by atoms with Crippen molar-refractivity contribution >= 4 is 0 Å². The normalized spacial score (nSPS) is 37.7. The van der Waals surface area contributed by atoms with Gasteiger partial charge in [0.1, 0.15) is 0 Å². The van der Waals surface area contributed by atoms with Gasteiger partial charge in [-0.25, -0.2) is 0 Å². The molecule has 1 saturated carbocycles. The molecule has 122 valence electrons. The summed E-state index contributed by atoms with van der Waals surface area (Å²) in [6.45, 7) is 9.25. The van der Waals surface area contributed by atoms with E-state index in [9.17, 15) is 0 Å². The van der Waals surface area contributed by atoms with Gasteiger partial charge in [-0.15, -0.1) is 0 Å². The SMILES string of the molecule is CCC1(C)CN(CC2CCCCO2)C2(CCCCC2)CN1. The largest absolute Gasteiger partial charge is 0.377 e. The highest BCUT2D eigenvalue weighted by Crippen LogP contribution is 2.38. The van der Waals surface area contributed by atoms with E-state index in [2.05, 4.69) is 24.1 Å². The molecule has 3 nitrogen and oxygen atoms in total. The number of piperazine rings is 1. The van der Waals surface area contributed by atoms with E-state index in [0.717, 1.165) is 13.2 Å². The maximum absolute atomic E-state index is 6.05. The molecule has 3 aliphatic rings. The summed E-state index contributed by atoms with van der Waals surface area (Å²) >= 11 is 0. The second kappa shape index (κ2) is 6.55. The van der Waals surface area contributed by atoms with Gasteiger partial charge in [-0.2, -0.15) is 0 Å². The maximum atomic E-state index is 6.05. The monoisotopic (exact) mass is 294 g/mol. The van der Waals surface area contributed by atoms with Gasteiger partial charge in [0.05, 0.1) is 6.10 Å². The average Bonchev–Trinajstić information content (AvgIpc) is 2.54. The molecule has 1 spiro atoms. The van der Waals surface area contributed by atoms with E-state index < -0.39 is 0 Å². The van der Waals surface area contributed by atoms with Crippen molar-refractivity contribution in [1.82, 2.24) is 10.2 Å². The Morgan fingerprint density at radius 1 is 1.14 bits per heavy atom. The Morgan fingerprint density at radius 2 is 1.95 bits per heavy atom. The standard InChI is InChI=1S/C18H34N2O/c1-3-17(2)15-20(13-16-9-5-8-12-21-16)18(14-19-17)10-6-4-7-11-18/h16,19H,3-15H2,1-2H3. The summed E-state index contributed by atoms with van der Waals surface area (Å²) in [6.07, 6.45) is 12.6. The van der Waals surface area contributed by atoms with E-state index in [1.165, 1.54) is 70.9 Å². The molecule has 2 aliphatic heterocycles. The van der Waals surface area contributed by atoms with Crippen molar-refractivity contribution in [2.45, 2.75) is 88.8 Å². The van der Waals surface area contributed by atoms with Crippen molar-refractivity contribution < 1.29 is 4.74 Å². The molecule has 3 heteroatoms. The van der Waals surface area contributed by atoms with E-state index in [1.807, 2.05) is 0 Å². The quantitative estimate of drug-likeness (QED) is 0.864. The van der Waals surface area contributed by atoms with Crippen molar-refractivity contribution in [3.63, 3.8) is 0 Å². The molecule has 2 heterocycles. The van der Waals surface area contributed by atoms with Crippen molar-refractivity contribution in [3.05, 3.63) is 0 Å². The van der Waals surface area contributed by atoms with Gasteiger partial charge in [-0.1, -0.05) is 26.2 Å². The first-order valence-corrected chi connectivity index (χ1v) is 9.28. The molecule has 0 aromatic carbocycles. The van der Waals surface area contributed by atoms with E-state index >= 15 is 0 Å². The van der Waals surface area contributed by atoms with Crippen LogP contribution in [0.2, 0.25) is 0 Å². The van der Waals surface area contributed by atoms with E-state index in [1.54, 1.807) is 0 Å². The van der Waals surface area contributed by atoms with Crippen LogP contribution in [-0.4, -0.2) is 48.3 Å².